The fourth-order valence-corrected chi connectivity index (χ4v) is 1.98. The van der Waals surface area contributed by atoms with E-state index in [0.717, 1.165) is 12.0 Å². The van der Waals surface area contributed by atoms with Gasteiger partial charge in [-0.15, -0.1) is 0 Å². The van der Waals surface area contributed by atoms with Gasteiger partial charge >= 0.3 is 0 Å². The molecule has 1 aromatic heterocycles. The Labute approximate surface area is 94.6 Å². The first-order chi connectivity index (χ1) is 7.68. The zero-order chi connectivity index (χ0) is 11.5. The van der Waals surface area contributed by atoms with Gasteiger partial charge in [-0.3, -0.25) is 9.89 Å². The number of rotatable bonds is 3. The summed E-state index contributed by atoms with van der Waals surface area (Å²) in [6, 6.07) is -0.0148. The van der Waals surface area contributed by atoms with E-state index >= 15 is 0 Å². The standard InChI is InChI=1S/C11H17N3O2/c1-7(9-5-12-13-6-9)14-11(15)10-3-4-16-8(10)2/h5-8,10H,3-4H2,1-2H3,(H,12,13)(H,14,15). The first-order valence-corrected chi connectivity index (χ1v) is 5.59. The van der Waals surface area contributed by atoms with Gasteiger partial charge in [0, 0.05) is 18.4 Å². The highest BCUT2D eigenvalue weighted by molar-refractivity contribution is 5.79. The number of nitrogens with one attached hydrogen (secondary N) is 2. The predicted octanol–water partition coefficient (Wildman–Crippen LogP) is 1.01. The van der Waals surface area contributed by atoms with Crippen LogP contribution in [0.1, 0.15) is 31.9 Å². The van der Waals surface area contributed by atoms with Crippen LogP contribution in [0.3, 0.4) is 0 Å². The lowest BCUT2D eigenvalue weighted by atomic mass is 10.0. The lowest BCUT2D eigenvalue weighted by Gasteiger charge is -2.17. The summed E-state index contributed by atoms with van der Waals surface area (Å²) in [5, 5.41) is 9.57. The number of hydrogen-bond donors (Lipinski definition) is 2. The Hall–Kier alpha value is -1.36. The summed E-state index contributed by atoms with van der Waals surface area (Å²) < 4.78 is 5.38. The molecule has 0 saturated carbocycles. The SMILES string of the molecule is CC(NC(=O)C1CCOC1C)c1cn[nH]c1. The Morgan fingerprint density at radius 3 is 3.12 bits per heavy atom. The highest BCUT2D eigenvalue weighted by Gasteiger charge is 2.31. The van der Waals surface area contributed by atoms with E-state index in [-0.39, 0.29) is 24.0 Å². The zero-order valence-electron chi connectivity index (χ0n) is 9.56. The maximum Gasteiger partial charge on any atom is 0.226 e. The molecule has 1 fully saturated rings. The second-order valence-electron chi connectivity index (χ2n) is 4.23. The van der Waals surface area contributed by atoms with Crippen molar-refractivity contribution in [1.29, 1.82) is 0 Å². The molecule has 1 aliphatic heterocycles. The maximum absolute atomic E-state index is 11.9. The highest BCUT2D eigenvalue weighted by atomic mass is 16.5. The van der Waals surface area contributed by atoms with Gasteiger partial charge < -0.3 is 10.1 Å². The van der Waals surface area contributed by atoms with Crippen molar-refractivity contribution in [3.8, 4) is 0 Å². The van der Waals surface area contributed by atoms with E-state index in [4.69, 9.17) is 4.74 Å². The van der Waals surface area contributed by atoms with Crippen LogP contribution in [0.25, 0.3) is 0 Å². The minimum atomic E-state index is -0.0191. The van der Waals surface area contributed by atoms with Crippen LogP contribution < -0.4 is 5.32 Å². The van der Waals surface area contributed by atoms with Crippen molar-refractivity contribution < 1.29 is 9.53 Å². The largest absolute Gasteiger partial charge is 0.378 e. The number of aromatic amines is 1. The molecule has 0 spiro atoms. The van der Waals surface area contributed by atoms with Gasteiger partial charge in [-0.2, -0.15) is 5.10 Å². The molecule has 0 bridgehead atoms. The number of amides is 1. The van der Waals surface area contributed by atoms with Crippen LogP contribution in [-0.2, 0) is 9.53 Å². The molecule has 1 saturated heterocycles. The molecule has 16 heavy (non-hydrogen) atoms. The summed E-state index contributed by atoms with van der Waals surface area (Å²) in [6.07, 6.45) is 4.35. The van der Waals surface area contributed by atoms with Crippen LogP contribution in [0, 0.1) is 5.92 Å². The molecule has 5 heteroatoms. The average Bonchev–Trinajstić information content (AvgIpc) is 2.86. The number of carbonyl (C=O) groups is 1. The number of ether oxygens (including phenoxy) is 1. The summed E-state index contributed by atoms with van der Waals surface area (Å²) in [6.45, 7) is 4.57. The van der Waals surface area contributed by atoms with Crippen LogP contribution in [0.2, 0.25) is 0 Å². The molecule has 1 aliphatic rings. The van der Waals surface area contributed by atoms with Crippen LogP contribution >= 0.6 is 0 Å². The lowest BCUT2D eigenvalue weighted by molar-refractivity contribution is -0.127. The molecule has 0 aromatic carbocycles. The fraction of sp³-hybridized carbons (Fsp3) is 0.636. The molecule has 88 valence electrons. The van der Waals surface area contributed by atoms with Crippen LogP contribution in [0.4, 0.5) is 0 Å². The minimum absolute atomic E-state index is 0.0148. The molecule has 2 heterocycles. The third-order valence-electron chi connectivity index (χ3n) is 3.09. The molecule has 2 rings (SSSR count). The smallest absolute Gasteiger partial charge is 0.226 e. The van der Waals surface area contributed by atoms with E-state index in [1.54, 1.807) is 12.4 Å². The number of carbonyl (C=O) groups excluding carboxylic acids is 1. The van der Waals surface area contributed by atoms with E-state index < -0.39 is 0 Å². The maximum atomic E-state index is 11.9. The molecular formula is C11H17N3O2. The molecule has 2 N–H and O–H groups in total. The van der Waals surface area contributed by atoms with Gasteiger partial charge in [-0.1, -0.05) is 0 Å². The monoisotopic (exact) mass is 223 g/mol. The van der Waals surface area contributed by atoms with Gasteiger partial charge in [0.15, 0.2) is 0 Å². The molecule has 5 nitrogen and oxygen atoms in total. The van der Waals surface area contributed by atoms with Crippen molar-refractivity contribution in [3.63, 3.8) is 0 Å². The van der Waals surface area contributed by atoms with Gasteiger partial charge in [0.2, 0.25) is 5.91 Å². The van der Waals surface area contributed by atoms with Crippen molar-refractivity contribution >= 4 is 5.91 Å². The summed E-state index contributed by atoms with van der Waals surface area (Å²) in [4.78, 5) is 11.9. The second kappa shape index (κ2) is 4.65. The second-order valence-corrected chi connectivity index (χ2v) is 4.23. The van der Waals surface area contributed by atoms with Gasteiger partial charge in [0.05, 0.1) is 24.3 Å². The van der Waals surface area contributed by atoms with E-state index in [2.05, 4.69) is 15.5 Å². The van der Waals surface area contributed by atoms with Gasteiger partial charge in [0.25, 0.3) is 0 Å². The number of nitrogens with zero attached hydrogens (tertiary/aromatic N) is 1. The van der Waals surface area contributed by atoms with E-state index in [9.17, 15) is 4.79 Å². The predicted molar refractivity (Wildman–Crippen MR) is 58.7 cm³/mol. The molecule has 1 amide bonds. The van der Waals surface area contributed by atoms with Crippen molar-refractivity contribution in [2.45, 2.75) is 32.4 Å². The van der Waals surface area contributed by atoms with E-state index in [1.807, 2.05) is 13.8 Å². The quantitative estimate of drug-likeness (QED) is 0.803. The van der Waals surface area contributed by atoms with Crippen molar-refractivity contribution in [1.82, 2.24) is 15.5 Å². The Morgan fingerprint density at radius 2 is 2.56 bits per heavy atom. The average molecular weight is 223 g/mol. The van der Waals surface area contributed by atoms with E-state index in [1.165, 1.54) is 0 Å². The molecule has 1 aromatic rings. The highest BCUT2D eigenvalue weighted by Crippen LogP contribution is 2.21. The van der Waals surface area contributed by atoms with Crippen LogP contribution in [0.5, 0.6) is 0 Å². The Morgan fingerprint density at radius 1 is 1.75 bits per heavy atom. The molecule has 0 radical (unpaired) electrons. The first kappa shape index (κ1) is 11.1. The first-order valence-electron chi connectivity index (χ1n) is 5.59. The Bertz CT molecular complexity index is 350. The van der Waals surface area contributed by atoms with Crippen molar-refractivity contribution in [2.24, 2.45) is 5.92 Å². The Balaban J connectivity index is 1.92. The van der Waals surface area contributed by atoms with Gasteiger partial charge in [0.1, 0.15) is 0 Å². The molecule has 3 atom stereocenters. The number of hydrogen-bond acceptors (Lipinski definition) is 3. The summed E-state index contributed by atoms with van der Waals surface area (Å²) >= 11 is 0. The lowest BCUT2D eigenvalue weighted by Crippen LogP contribution is -2.35. The van der Waals surface area contributed by atoms with Crippen LogP contribution in [-0.4, -0.2) is 28.8 Å². The third-order valence-corrected chi connectivity index (χ3v) is 3.09. The molecule has 0 aliphatic carbocycles. The summed E-state index contributed by atoms with van der Waals surface area (Å²) in [5.74, 6) is 0.0491. The normalized spacial score (nSPS) is 26.6. The summed E-state index contributed by atoms with van der Waals surface area (Å²) in [7, 11) is 0. The number of H-pyrrole nitrogens is 1. The zero-order valence-corrected chi connectivity index (χ0v) is 9.56. The van der Waals surface area contributed by atoms with E-state index in [0.29, 0.717) is 6.61 Å². The third kappa shape index (κ3) is 2.24. The minimum Gasteiger partial charge on any atom is -0.378 e. The topological polar surface area (TPSA) is 67.0 Å². The summed E-state index contributed by atoms with van der Waals surface area (Å²) in [5.41, 5.74) is 0.986. The van der Waals surface area contributed by atoms with Crippen LogP contribution in [0.15, 0.2) is 12.4 Å². The Kier molecular flexibility index (Phi) is 3.24. The molecule has 3 unspecified atom stereocenters. The van der Waals surface area contributed by atoms with Gasteiger partial charge in [-0.25, -0.2) is 0 Å². The number of aromatic nitrogens is 2. The fourth-order valence-electron chi connectivity index (χ4n) is 1.98. The molecular weight excluding hydrogens is 206 g/mol. The van der Waals surface area contributed by atoms with Crippen molar-refractivity contribution in [2.75, 3.05) is 6.61 Å². The van der Waals surface area contributed by atoms with Crippen molar-refractivity contribution in [3.05, 3.63) is 18.0 Å². The van der Waals surface area contributed by atoms with Gasteiger partial charge in [-0.05, 0) is 20.3 Å².